The van der Waals surface area contributed by atoms with Crippen LogP contribution >= 0.6 is 11.6 Å². The summed E-state index contributed by atoms with van der Waals surface area (Å²) in [4.78, 5) is 22.2. The topological polar surface area (TPSA) is 43.4 Å². The standard InChI is InChI=1S/C12H17ClO3/c1-4-10(7-12(15)16-3)6-5-9(2)11(14)8-13/h5-6H,4,7-8H2,1-3H3/b9-5+,10-6+. The number of hydrogen-bond acceptors (Lipinski definition) is 3. The van der Waals surface area contributed by atoms with Gasteiger partial charge in [-0.3, -0.25) is 9.59 Å². The third-order valence-electron chi connectivity index (χ3n) is 2.18. The van der Waals surface area contributed by atoms with Crippen molar-refractivity contribution in [1.29, 1.82) is 0 Å². The molecule has 0 aromatic rings. The summed E-state index contributed by atoms with van der Waals surface area (Å²) >= 11 is 5.42. The zero-order valence-electron chi connectivity index (χ0n) is 9.88. The highest BCUT2D eigenvalue weighted by Crippen LogP contribution is 2.09. The number of Topliss-reactive ketones (excluding diaryl/α,β-unsaturated/α-hetero) is 1. The maximum absolute atomic E-state index is 11.2. The summed E-state index contributed by atoms with van der Waals surface area (Å²) in [5, 5.41) is 0. The zero-order valence-corrected chi connectivity index (χ0v) is 10.6. The summed E-state index contributed by atoms with van der Waals surface area (Å²) in [7, 11) is 1.35. The normalized spacial score (nSPS) is 12.5. The van der Waals surface area contributed by atoms with E-state index in [1.165, 1.54) is 7.11 Å². The van der Waals surface area contributed by atoms with Crippen molar-refractivity contribution in [2.24, 2.45) is 0 Å². The number of halogens is 1. The second-order valence-corrected chi connectivity index (χ2v) is 3.61. The van der Waals surface area contributed by atoms with Crippen LogP contribution in [-0.4, -0.2) is 24.7 Å². The molecule has 0 unspecified atom stereocenters. The summed E-state index contributed by atoms with van der Waals surface area (Å²) in [6.07, 6.45) is 4.46. The molecule has 0 saturated carbocycles. The van der Waals surface area contributed by atoms with Gasteiger partial charge in [-0.25, -0.2) is 0 Å². The summed E-state index contributed by atoms with van der Waals surface area (Å²) in [5.41, 5.74) is 1.51. The molecule has 0 aliphatic carbocycles. The lowest BCUT2D eigenvalue weighted by Crippen LogP contribution is -2.02. The fraction of sp³-hybridized carbons (Fsp3) is 0.500. The largest absolute Gasteiger partial charge is 0.469 e. The van der Waals surface area contributed by atoms with Crippen LogP contribution in [0.5, 0.6) is 0 Å². The van der Waals surface area contributed by atoms with Gasteiger partial charge in [0.05, 0.1) is 19.4 Å². The summed E-state index contributed by atoms with van der Waals surface area (Å²) in [6.45, 7) is 3.65. The third kappa shape index (κ3) is 5.71. The lowest BCUT2D eigenvalue weighted by atomic mass is 10.1. The number of carbonyl (C=O) groups is 2. The average molecular weight is 245 g/mol. The zero-order chi connectivity index (χ0) is 12.6. The van der Waals surface area contributed by atoms with E-state index in [0.717, 1.165) is 12.0 Å². The SMILES string of the molecule is CC/C(=C\C=C(/C)C(=O)CCl)CC(=O)OC. The van der Waals surface area contributed by atoms with Crippen LogP contribution in [0.15, 0.2) is 23.3 Å². The van der Waals surface area contributed by atoms with Crippen molar-refractivity contribution in [2.75, 3.05) is 13.0 Å². The van der Waals surface area contributed by atoms with E-state index in [2.05, 4.69) is 4.74 Å². The van der Waals surface area contributed by atoms with Crippen molar-refractivity contribution in [3.63, 3.8) is 0 Å². The van der Waals surface area contributed by atoms with Crippen LogP contribution in [0, 0.1) is 0 Å². The van der Waals surface area contributed by atoms with E-state index in [4.69, 9.17) is 11.6 Å². The second kappa shape index (κ2) is 8.11. The van der Waals surface area contributed by atoms with Crippen LogP contribution in [0.1, 0.15) is 26.7 Å². The molecular formula is C12H17ClO3. The summed E-state index contributed by atoms with van der Waals surface area (Å²) in [6, 6.07) is 0. The molecule has 0 saturated heterocycles. The fourth-order valence-electron chi connectivity index (χ4n) is 1.00. The number of carbonyl (C=O) groups excluding carboxylic acids is 2. The molecular weight excluding hydrogens is 228 g/mol. The molecule has 0 spiro atoms. The lowest BCUT2D eigenvalue weighted by molar-refractivity contribution is -0.139. The number of ketones is 1. The Hall–Kier alpha value is -1.09. The molecule has 0 atom stereocenters. The number of esters is 1. The monoisotopic (exact) mass is 244 g/mol. The highest BCUT2D eigenvalue weighted by atomic mass is 35.5. The molecule has 0 aliphatic rings. The maximum Gasteiger partial charge on any atom is 0.309 e. The predicted molar refractivity (Wildman–Crippen MR) is 64.5 cm³/mol. The fourth-order valence-corrected chi connectivity index (χ4v) is 1.21. The van der Waals surface area contributed by atoms with Crippen LogP contribution in [0.4, 0.5) is 0 Å². The Balaban J connectivity index is 4.58. The van der Waals surface area contributed by atoms with E-state index < -0.39 is 0 Å². The lowest BCUT2D eigenvalue weighted by Gasteiger charge is -2.02. The second-order valence-electron chi connectivity index (χ2n) is 3.34. The van der Waals surface area contributed by atoms with Crippen LogP contribution < -0.4 is 0 Å². The number of alkyl halides is 1. The molecule has 16 heavy (non-hydrogen) atoms. The van der Waals surface area contributed by atoms with Crippen molar-refractivity contribution in [3.05, 3.63) is 23.3 Å². The molecule has 0 fully saturated rings. The van der Waals surface area contributed by atoms with Crippen LogP contribution in [-0.2, 0) is 14.3 Å². The van der Waals surface area contributed by atoms with E-state index in [1.807, 2.05) is 6.92 Å². The highest BCUT2D eigenvalue weighted by Gasteiger charge is 2.04. The molecule has 0 aliphatic heterocycles. The first-order chi connectivity index (χ1) is 7.54. The van der Waals surface area contributed by atoms with Gasteiger partial charge in [-0.15, -0.1) is 11.6 Å². The molecule has 0 N–H and O–H groups in total. The Bertz CT molecular complexity index is 316. The number of allylic oxidation sites excluding steroid dienone is 3. The molecule has 0 aromatic heterocycles. The molecule has 0 rings (SSSR count). The van der Waals surface area contributed by atoms with Gasteiger partial charge in [0.2, 0.25) is 0 Å². The van der Waals surface area contributed by atoms with Crippen LogP contribution in [0.25, 0.3) is 0 Å². The third-order valence-corrected chi connectivity index (χ3v) is 2.43. The Morgan fingerprint density at radius 2 is 1.94 bits per heavy atom. The maximum atomic E-state index is 11.2. The molecule has 90 valence electrons. The number of methoxy groups -OCH3 is 1. The van der Waals surface area contributed by atoms with E-state index in [9.17, 15) is 9.59 Å². The van der Waals surface area contributed by atoms with Crippen LogP contribution in [0.2, 0.25) is 0 Å². The Morgan fingerprint density at radius 1 is 1.31 bits per heavy atom. The molecule has 0 amide bonds. The van der Waals surface area contributed by atoms with Crippen LogP contribution in [0.3, 0.4) is 0 Å². The molecule has 0 aromatic carbocycles. The summed E-state index contributed by atoms with van der Waals surface area (Å²) < 4.78 is 4.57. The van der Waals surface area contributed by atoms with Gasteiger partial charge in [-0.2, -0.15) is 0 Å². The number of hydrogen-bond donors (Lipinski definition) is 0. The minimum absolute atomic E-state index is 0.0192. The summed E-state index contributed by atoms with van der Waals surface area (Å²) in [5.74, 6) is -0.400. The Morgan fingerprint density at radius 3 is 2.38 bits per heavy atom. The van der Waals surface area contributed by atoms with Crippen molar-refractivity contribution in [1.82, 2.24) is 0 Å². The van der Waals surface area contributed by atoms with Gasteiger partial charge in [0.15, 0.2) is 5.78 Å². The van der Waals surface area contributed by atoms with E-state index in [-0.39, 0.29) is 24.1 Å². The van der Waals surface area contributed by atoms with Crippen molar-refractivity contribution >= 4 is 23.4 Å². The van der Waals surface area contributed by atoms with Gasteiger partial charge >= 0.3 is 5.97 Å². The number of ether oxygens (including phenoxy) is 1. The Labute approximate surface area is 101 Å². The molecule has 0 heterocycles. The van der Waals surface area contributed by atoms with Gasteiger partial charge in [0.25, 0.3) is 0 Å². The molecule has 0 radical (unpaired) electrons. The first-order valence-corrected chi connectivity index (χ1v) is 5.60. The van der Waals surface area contributed by atoms with Gasteiger partial charge in [0, 0.05) is 0 Å². The molecule has 0 bridgehead atoms. The number of rotatable bonds is 6. The van der Waals surface area contributed by atoms with E-state index >= 15 is 0 Å². The van der Waals surface area contributed by atoms with Crippen molar-refractivity contribution in [3.8, 4) is 0 Å². The molecule has 3 nitrogen and oxygen atoms in total. The minimum atomic E-state index is -0.275. The van der Waals surface area contributed by atoms with Crippen molar-refractivity contribution in [2.45, 2.75) is 26.7 Å². The smallest absolute Gasteiger partial charge is 0.309 e. The highest BCUT2D eigenvalue weighted by molar-refractivity contribution is 6.30. The van der Waals surface area contributed by atoms with Gasteiger partial charge in [-0.1, -0.05) is 24.6 Å². The van der Waals surface area contributed by atoms with Gasteiger partial charge in [0.1, 0.15) is 0 Å². The molecule has 4 heteroatoms. The van der Waals surface area contributed by atoms with Gasteiger partial charge < -0.3 is 4.74 Å². The van der Waals surface area contributed by atoms with Gasteiger partial charge in [-0.05, 0) is 18.9 Å². The quantitative estimate of drug-likeness (QED) is 0.312. The average Bonchev–Trinajstić information content (AvgIpc) is 2.32. The first kappa shape index (κ1) is 14.9. The predicted octanol–water partition coefficient (Wildman–Crippen LogP) is 2.64. The Kier molecular flexibility index (Phi) is 7.56. The van der Waals surface area contributed by atoms with Crippen molar-refractivity contribution < 1.29 is 14.3 Å². The minimum Gasteiger partial charge on any atom is -0.469 e. The van der Waals surface area contributed by atoms with E-state index in [1.54, 1.807) is 19.1 Å². The first-order valence-electron chi connectivity index (χ1n) is 5.07. The van der Waals surface area contributed by atoms with E-state index in [0.29, 0.717) is 5.57 Å².